The SMILES string of the molecule is C.C.C.C.C.C.C.C.C.CCCCOCCCC.CCCOCCC.CCOCC. The number of unbranched alkanes of at least 4 members (excludes halogenated alkanes) is 2. The van der Waals surface area contributed by atoms with Crippen molar-refractivity contribution in [2.24, 2.45) is 0 Å². The molecule has 0 aliphatic heterocycles. The summed E-state index contributed by atoms with van der Waals surface area (Å²) in [5.41, 5.74) is 0. The highest BCUT2D eigenvalue weighted by molar-refractivity contribution is 4.33. The van der Waals surface area contributed by atoms with E-state index in [1.54, 1.807) is 0 Å². The summed E-state index contributed by atoms with van der Waals surface area (Å²) in [6, 6.07) is 0. The van der Waals surface area contributed by atoms with Gasteiger partial charge in [0.15, 0.2) is 0 Å². The molecule has 0 saturated carbocycles. The summed E-state index contributed by atoms with van der Waals surface area (Å²) in [5.74, 6) is 0. The molecule has 204 valence electrons. The average Bonchev–Trinajstić information content (AvgIpc) is 2.50. The molecule has 0 fully saturated rings. The van der Waals surface area contributed by atoms with Crippen molar-refractivity contribution in [3.8, 4) is 0 Å². The molecule has 0 aromatic heterocycles. The van der Waals surface area contributed by atoms with Crippen molar-refractivity contribution in [3.63, 3.8) is 0 Å². The van der Waals surface area contributed by atoms with Gasteiger partial charge in [-0.25, -0.2) is 0 Å². The Labute approximate surface area is 201 Å². The molecule has 0 saturated heterocycles. The Morgan fingerprint density at radius 3 is 0.767 bits per heavy atom. The van der Waals surface area contributed by atoms with Crippen LogP contribution >= 0.6 is 0 Å². The van der Waals surface area contributed by atoms with Crippen LogP contribution in [-0.2, 0) is 14.2 Å². The summed E-state index contributed by atoms with van der Waals surface area (Å²) >= 11 is 0. The minimum absolute atomic E-state index is 0. The van der Waals surface area contributed by atoms with Crippen LogP contribution < -0.4 is 0 Å². The molecule has 0 unspecified atom stereocenters. The first-order valence-electron chi connectivity index (χ1n) is 8.97. The molecule has 0 aromatic rings. The number of hydrogen-bond donors (Lipinski definition) is 0. The predicted molar refractivity (Wildman–Crippen MR) is 155 cm³/mol. The lowest BCUT2D eigenvalue weighted by molar-refractivity contribution is 0.128. The van der Waals surface area contributed by atoms with E-state index in [-0.39, 0.29) is 66.8 Å². The van der Waals surface area contributed by atoms with Crippen LogP contribution in [0.15, 0.2) is 0 Å². The van der Waals surface area contributed by atoms with E-state index >= 15 is 0 Å². The van der Waals surface area contributed by atoms with Gasteiger partial charge in [-0.05, 0) is 39.5 Å². The van der Waals surface area contributed by atoms with Crippen LogP contribution in [0.1, 0.15) is 147 Å². The monoisotopic (exact) mass is 451 g/mol. The van der Waals surface area contributed by atoms with E-state index in [0.29, 0.717) is 0 Å². The Hall–Kier alpha value is -0.120. The van der Waals surface area contributed by atoms with Crippen molar-refractivity contribution in [2.45, 2.75) is 147 Å². The van der Waals surface area contributed by atoms with E-state index in [0.717, 1.165) is 52.5 Å². The Morgan fingerprint density at radius 1 is 0.333 bits per heavy atom. The predicted octanol–water partition coefficient (Wildman–Crippen LogP) is 11.2. The highest BCUT2D eigenvalue weighted by atomic mass is 16.5. The summed E-state index contributed by atoms with van der Waals surface area (Å²) in [4.78, 5) is 0. The van der Waals surface area contributed by atoms with E-state index in [2.05, 4.69) is 27.7 Å². The molecule has 0 aliphatic rings. The third kappa shape index (κ3) is 143. The molecule has 3 nitrogen and oxygen atoms in total. The topological polar surface area (TPSA) is 27.7 Å². The van der Waals surface area contributed by atoms with Crippen LogP contribution in [0.3, 0.4) is 0 Å². The molecule has 3 heteroatoms. The Kier molecular flexibility index (Phi) is 263. The summed E-state index contributed by atoms with van der Waals surface area (Å²) in [5, 5.41) is 0. The third-order valence-electron chi connectivity index (χ3n) is 2.39. The van der Waals surface area contributed by atoms with Crippen LogP contribution in [0.4, 0.5) is 0 Å². The Morgan fingerprint density at radius 2 is 0.600 bits per heavy atom. The molecular formula is C27H78O3. The lowest BCUT2D eigenvalue weighted by Crippen LogP contribution is -1.95. The second kappa shape index (κ2) is 101. The van der Waals surface area contributed by atoms with E-state index in [4.69, 9.17) is 14.2 Å². The molecule has 0 atom stereocenters. The Balaban J connectivity index is -0.0000000144. The summed E-state index contributed by atoms with van der Waals surface area (Å²) in [6.07, 6.45) is 7.19. The second-order valence-corrected chi connectivity index (χ2v) is 4.71. The molecule has 0 radical (unpaired) electrons. The van der Waals surface area contributed by atoms with Gasteiger partial charge in [0, 0.05) is 39.6 Å². The molecule has 30 heavy (non-hydrogen) atoms. The van der Waals surface area contributed by atoms with Crippen LogP contribution in [0.5, 0.6) is 0 Å². The van der Waals surface area contributed by atoms with Gasteiger partial charge in [-0.1, -0.05) is 107 Å². The van der Waals surface area contributed by atoms with E-state index in [1.807, 2.05) is 13.8 Å². The van der Waals surface area contributed by atoms with Crippen LogP contribution in [-0.4, -0.2) is 39.6 Å². The first kappa shape index (κ1) is 78.0. The smallest absolute Gasteiger partial charge is 0.0465 e. The molecular weight excluding hydrogens is 372 g/mol. The van der Waals surface area contributed by atoms with Gasteiger partial charge in [0.2, 0.25) is 0 Å². The minimum atomic E-state index is 0. The highest BCUT2D eigenvalue weighted by Gasteiger charge is 1.84. The van der Waals surface area contributed by atoms with Crippen LogP contribution in [0, 0.1) is 0 Å². The number of rotatable bonds is 12. The second-order valence-electron chi connectivity index (χ2n) is 4.71. The molecule has 0 N–H and O–H groups in total. The van der Waals surface area contributed by atoms with E-state index < -0.39 is 0 Å². The summed E-state index contributed by atoms with van der Waals surface area (Å²) < 4.78 is 15.3. The quantitative estimate of drug-likeness (QED) is 0.276. The summed E-state index contributed by atoms with van der Waals surface area (Å²) in [7, 11) is 0. The number of ether oxygens (including phenoxy) is 3. The van der Waals surface area contributed by atoms with Gasteiger partial charge < -0.3 is 14.2 Å². The molecule has 0 bridgehead atoms. The molecule has 0 aliphatic carbocycles. The molecule has 0 aromatic carbocycles. The zero-order chi connectivity index (χ0) is 16.6. The maximum absolute atomic E-state index is 5.31. The van der Waals surface area contributed by atoms with E-state index in [1.165, 1.54) is 25.7 Å². The van der Waals surface area contributed by atoms with Crippen molar-refractivity contribution in [1.29, 1.82) is 0 Å². The fourth-order valence-electron chi connectivity index (χ4n) is 1.19. The largest absolute Gasteiger partial charge is 0.382 e. The molecule has 0 spiro atoms. The third-order valence-corrected chi connectivity index (χ3v) is 2.39. The zero-order valence-electron chi connectivity index (χ0n) is 15.7. The first-order valence-corrected chi connectivity index (χ1v) is 8.97. The maximum Gasteiger partial charge on any atom is 0.0465 e. The average molecular weight is 451 g/mol. The van der Waals surface area contributed by atoms with Gasteiger partial charge in [0.05, 0.1) is 0 Å². The van der Waals surface area contributed by atoms with Crippen molar-refractivity contribution >= 4 is 0 Å². The van der Waals surface area contributed by atoms with Crippen molar-refractivity contribution in [3.05, 3.63) is 0 Å². The fraction of sp³-hybridized carbons (Fsp3) is 1.00. The minimum Gasteiger partial charge on any atom is -0.382 e. The van der Waals surface area contributed by atoms with Gasteiger partial charge in [0.25, 0.3) is 0 Å². The number of hydrogen-bond acceptors (Lipinski definition) is 3. The lowest BCUT2D eigenvalue weighted by atomic mass is 10.3. The van der Waals surface area contributed by atoms with Gasteiger partial charge in [-0.2, -0.15) is 0 Å². The van der Waals surface area contributed by atoms with Crippen LogP contribution in [0.25, 0.3) is 0 Å². The molecule has 0 rings (SSSR count). The van der Waals surface area contributed by atoms with Crippen molar-refractivity contribution in [1.82, 2.24) is 0 Å². The van der Waals surface area contributed by atoms with Gasteiger partial charge in [0.1, 0.15) is 0 Å². The standard InChI is InChI=1S/C8H18O.C6H14O.C4H10O.9CH4/c1-3-5-7-9-8-6-4-2;1-3-5-7-6-4-2;1-3-5-4-2;;;;;;;;;/h3-8H2,1-2H3;3-6H2,1-2H3;3-4H2,1-2H3;9*1H4. The molecule has 0 heterocycles. The van der Waals surface area contributed by atoms with Crippen LogP contribution in [0.2, 0.25) is 0 Å². The maximum atomic E-state index is 5.31. The first-order chi connectivity index (χ1) is 10.2. The van der Waals surface area contributed by atoms with Crippen molar-refractivity contribution < 1.29 is 14.2 Å². The normalized spacial score (nSPS) is 6.60. The summed E-state index contributed by atoms with van der Waals surface area (Å²) in [6.45, 7) is 18.0. The van der Waals surface area contributed by atoms with Gasteiger partial charge in [-0.15, -0.1) is 0 Å². The highest BCUT2D eigenvalue weighted by Crippen LogP contribution is 1.91. The zero-order valence-corrected chi connectivity index (χ0v) is 15.7. The Bertz CT molecular complexity index is 119. The molecule has 0 amide bonds. The van der Waals surface area contributed by atoms with Gasteiger partial charge in [-0.3, -0.25) is 0 Å². The van der Waals surface area contributed by atoms with Crippen molar-refractivity contribution in [2.75, 3.05) is 39.6 Å². The van der Waals surface area contributed by atoms with E-state index in [9.17, 15) is 0 Å². The lowest BCUT2D eigenvalue weighted by Gasteiger charge is -1.99. The van der Waals surface area contributed by atoms with Gasteiger partial charge >= 0.3 is 0 Å². The fourth-order valence-corrected chi connectivity index (χ4v) is 1.19.